The van der Waals surface area contributed by atoms with Crippen molar-refractivity contribution in [3.63, 3.8) is 0 Å². The number of alkyl halides is 2. The average Bonchev–Trinajstić information content (AvgIpc) is 3.48. The molecule has 1 aliphatic heterocycles. The summed E-state index contributed by atoms with van der Waals surface area (Å²) < 4.78 is 43.1. The second kappa shape index (κ2) is 9.34. The lowest BCUT2D eigenvalue weighted by Gasteiger charge is -2.31. The van der Waals surface area contributed by atoms with Gasteiger partial charge in [0.05, 0.1) is 11.2 Å². The van der Waals surface area contributed by atoms with Crippen LogP contribution >= 0.6 is 11.3 Å². The minimum atomic E-state index is -2.52. The topological polar surface area (TPSA) is 58.9 Å². The number of hydrogen-bond acceptors (Lipinski definition) is 6. The molecule has 178 valence electrons. The molecule has 4 aromatic rings. The van der Waals surface area contributed by atoms with Crippen molar-refractivity contribution in [1.29, 1.82) is 0 Å². The van der Waals surface area contributed by atoms with Gasteiger partial charge in [0.2, 0.25) is 0 Å². The number of thiazole rings is 1. The third-order valence-electron chi connectivity index (χ3n) is 6.28. The summed E-state index contributed by atoms with van der Waals surface area (Å²) >= 11 is 1.50. The Morgan fingerprint density at radius 3 is 2.71 bits per heavy atom. The first-order valence-electron chi connectivity index (χ1n) is 11.3. The van der Waals surface area contributed by atoms with E-state index in [-0.39, 0.29) is 18.7 Å². The first-order valence-corrected chi connectivity index (χ1v) is 12.2. The van der Waals surface area contributed by atoms with E-state index in [4.69, 9.17) is 4.98 Å². The normalized spacial score (nSPS) is 16.2. The Labute approximate surface area is 199 Å². The zero-order chi connectivity index (χ0) is 23.7. The molecule has 5 rings (SSSR count). The molecule has 0 atom stereocenters. The molecule has 6 nitrogen and oxygen atoms in total. The number of pyridine rings is 2. The molecule has 0 amide bonds. The fourth-order valence-electron chi connectivity index (χ4n) is 4.39. The predicted molar refractivity (Wildman–Crippen MR) is 128 cm³/mol. The molecule has 1 saturated heterocycles. The fraction of sp³-hybridized carbons (Fsp3) is 0.375. The van der Waals surface area contributed by atoms with Crippen LogP contribution in [0.25, 0.3) is 28.1 Å². The number of nitrogens with zero attached hydrogens (tertiary/aromatic N) is 5. The first-order chi connectivity index (χ1) is 16.4. The van der Waals surface area contributed by atoms with Crippen molar-refractivity contribution < 1.29 is 13.2 Å². The number of nitrogens with one attached hydrogen (secondary N) is 1. The van der Waals surface area contributed by atoms with Crippen molar-refractivity contribution in [2.45, 2.75) is 31.6 Å². The lowest BCUT2D eigenvalue weighted by molar-refractivity contribution is -0.0551. The molecule has 0 bridgehead atoms. The summed E-state index contributed by atoms with van der Waals surface area (Å²) in [5.74, 6) is -1.99. The third kappa shape index (κ3) is 4.65. The van der Waals surface area contributed by atoms with Gasteiger partial charge < -0.3 is 10.2 Å². The second-order valence-electron chi connectivity index (χ2n) is 8.54. The molecule has 1 fully saturated rings. The van der Waals surface area contributed by atoms with Crippen LogP contribution < -0.4 is 5.32 Å². The van der Waals surface area contributed by atoms with Crippen molar-refractivity contribution in [2.24, 2.45) is 0 Å². The molecule has 10 heteroatoms. The number of halogens is 3. The smallest absolute Gasteiger partial charge is 0.250 e. The van der Waals surface area contributed by atoms with Crippen molar-refractivity contribution in [1.82, 2.24) is 24.4 Å². The van der Waals surface area contributed by atoms with E-state index in [2.05, 4.69) is 20.2 Å². The Hall–Kier alpha value is -2.98. The Morgan fingerprint density at radius 1 is 1.18 bits per heavy atom. The molecule has 34 heavy (non-hydrogen) atoms. The highest BCUT2D eigenvalue weighted by Gasteiger charge is 2.33. The highest BCUT2D eigenvalue weighted by Crippen LogP contribution is 2.30. The molecular formula is C24H25F3N6S. The number of rotatable bonds is 7. The SMILES string of the molecule is CNc1ncc(-c2ccc3c(CCCN4CCC(F)(F)CC4)cn(-c4cscn4)c3n2)cc1F. The summed E-state index contributed by atoms with van der Waals surface area (Å²) in [5, 5.41) is 5.68. The number of aryl methyl sites for hydroxylation is 1. The minimum absolute atomic E-state index is 0.0619. The number of piperidine rings is 1. The summed E-state index contributed by atoms with van der Waals surface area (Å²) in [4.78, 5) is 15.5. The maximum absolute atomic E-state index is 14.3. The van der Waals surface area contributed by atoms with E-state index in [1.807, 2.05) is 28.3 Å². The minimum Gasteiger partial charge on any atom is -0.371 e. The van der Waals surface area contributed by atoms with Crippen molar-refractivity contribution in [2.75, 3.05) is 32.0 Å². The molecule has 0 spiro atoms. The van der Waals surface area contributed by atoms with E-state index in [9.17, 15) is 13.2 Å². The van der Waals surface area contributed by atoms with Gasteiger partial charge in [-0.3, -0.25) is 4.57 Å². The van der Waals surface area contributed by atoms with Gasteiger partial charge in [-0.1, -0.05) is 0 Å². The van der Waals surface area contributed by atoms with Gasteiger partial charge in [0.15, 0.2) is 11.6 Å². The van der Waals surface area contributed by atoms with Crippen molar-refractivity contribution in [3.8, 4) is 17.1 Å². The van der Waals surface area contributed by atoms with E-state index in [0.717, 1.165) is 41.8 Å². The lowest BCUT2D eigenvalue weighted by atomic mass is 10.1. The Morgan fingerprint density at radius 2 is 2.00 bits per heavy atom. The van der Waals surface area contributed by atoms with Gasteiger partial charge >= 0.3 is 0 Å². The summed E-state index contributed by atoms with van der Waals surface area (Å²) in [6.07, 6.45) is 5.19. The summed E-state index contributed by atoms with van der Waals surface area (Å²) in [6, 6.07) is 5.30. The quantitative estimate of drug-likeness (QED) is 0.380. The maximum Gasteiger partial charge on any atom is 0.250 e. The molecule has 1 aliphatic rings. The summed E-state index contributed by atoms with van der Waals surface area (Å²) in [5.41, 5.74) is 4.85. The highest BCUT2D eigenvalue weighted by molar-refractivity contribution is 7.07. The maximum atomic E-state index is 14.3. The van der Waals surface area contributed by atoms with Crippen LogP contribution in [0.5, 0.6) is 0 Å². The van der Waals surface area contributed by atoms with Gasteiger partial charge in [0.25, 0.3) is 5.92 Å². The largest absolute Gasteiger partial charge is 0.371 e. The van der Waals surface area contributed by atoms with Crippen molar-refractivity contribution >= 4 is 28.2 Å². The molecule has 0 saturated carbocycles. The van der Waals surface area contributed by atoms with Crippen LogP contribution in [-0.2, 0) is 6.42 Å². The molecule has 0 unspecified atom stereocenters. The van der Waals surface area contributed by atoms with Gasteiger partial charge in [0.1, 0.15) is 11.5 Å². The second-order valence-corrected chi connectivity index (χ2v) is 9.26. The number of hydrogen-bond donors (Lipinski definition) is 1. The van der Waals surface area contributed by atoms with Crippen LogP contribution in [0.3, 0.4) is 0 Å². The van der Waals surface area contributed by atoms with E-state index in [1.54, 1.807) is 18.8 Å². The zero-order valence-electron chi connectivity index (χ0n) is 18.8. The molecule has 5 heterocycles. The first kappa shape index (κ1) is 22.8. The van der Waals surface area contributed by atoms with Crippen LogP contribution in [0.1, 0.15) is 24.8 Å². The van der Waals surface area contributed by atoms with Gasteiger partial charge in [-0.25, -0.2) is 28.1 Å². The van der Waals surface area contributed by atoms with Gasteiger partial charge in [0, 0.05) is 61.7 Å². The summed E-state index contributed by atoms with van der Waals surface area (Å²) in [6.45, 7) is 1.67. The fourth-order valence-corrected chi connectivity index (χ4v) is 4.91. The zero-order valence-corrected chi connectivity index (χ0v) is 19.6. The molecular weight excluding hydrogens is 461 g/mol. The van der Waals surface area contributed by atoms with E-state index < -0.39 is 11.7 Å². The van der Waals surface area contributed by atoms with Gasteiger partial charge in [-0.2, -0.15) is 0 Å². The van der Waals surface area contributed by atoms with Crippen LogP contribution in [0, 0.1) is 5.82 Å². The number of fused-ring (bicyclic) bond motifs is 1. The lowest BCUT2D eigenvalue weighted by Crippen LogP contribution is -2.39. The van der Waals surface area contributed by atoms with E-state index in [0.29, 0.717) is 24.3 Å². The predicted octanol–water partition coefficient (Wildman–Crippen LogP) is 5.39. The van der Waals surface area contributed by atoms with E-state index >= 15 is 0 Å². The van der Waals surface area contributed by atoms with Crippen LogP contribution in [-0.4, -0.2) is 57.0 Å². The monoisotopic (exact) mass is 486 g/mol. The van der Waals surface area contributed by atoms with Crippen LogP contribution in [0.4, 0.5) is 19.0 Å². The standard InChI is InChI=1S/C24H25F3N6S/c1-28-22-19(25)11-17(12-29-22)20-5-4-18-16(3-2-8-32-9-6-24(26,27)7-10-32)13-33(23(18)31-20)21-14-34-15-30-21/h4-5,11-15H,2-3,6-10H2,1H3,(H,28,29). The number of aromatic nitrogens is 4. The molecule has 0 aromatic carbocycles. The average molecular weight is 487 g/mol. The van der Waals surface area contributed by atoms with Gasteiger partial charge in [-0.05, 0) is 43.1 Å². The van der Waals surface area contributed by atoms with Gasteiger partial charge in [-0.15, -0.1) is 11.3 Å². The highest BCUT2D eigenvalue weighted by atomic mass is 32.1. The van der Waals surface area contributed by atoms with E-state index in [1.165, 1.54) is 17.4 Å². The van der Waals surface area contributed by atoms with Crippen LogP contribution in [0.15, 0.2) is 41.5 Å². The van der Waals surface area contributed by atoms with Crippen molar-refractivity contribution in [3.05, 3.63) is 52.9 Å². The summed E-state index contributed by atoms with van der Waals surface area (Å²) in [7, 11) is 1.62. The number of likely N-dealkylation sites (tertiary alicyclic amines) is 1. The third-order valence-corrected chi connectivity index (χ3v) is 6.86. The molecule has 4 aromatic heterocycles. The van der Waals surface area contributed by atoms with Crippen LogP contribution in [0.2, 0.25) is 0 Å². The Kier molecular flexibility index (Phi) is 6.26. The molecule has 0 radical (unpaired) electrons. The Bertz CT molecular complexity index is 1280. The number of anilines is 1. The molecule has 1 N–H and O–H groups in total. The Balaban J connectivity index is 1.41. The molecule has 0 aliphatic carbocycles.